The number of esters is 2. The minimum Gasteiger partial charge on any atom is -0.458 e. The van der Waals surface area contributed by atoms with Gasteiger partial charge in [-0.3, -0.25) is 0 Å². The molecular formula is C20H30O5S. The number of carbonyl (C=O) groups is 2. The van der Waals surface area contributed by atoms with Crippen LogP contribution in [0.2, 0.25) is 0 Å². The maximum Gasteiger partial charge on any atom is 0.331 e. The minimum atomic E-state index is -0.871. The van der Waals surface area contributed by atoms with Crippen LogP contribution in [0.5, 0.6) is 0 Å². The van der Waals surface area contributed by atoms with Gasteiger partial charge in [0, 0.05) is 12.2 Å². The van der Waals surface area contributed by atoms with E-state index in [1.165, 1.54) is 36.8 Å². The minimum absolute atomic E-state index is 0.186. The van der Waals surface area contributed by atoms with Gasteiger partial charge in [-0.1, -0.05) is 36.8 Å². The van der Waals surface area contributed by atoms with Crippen molar-refractivity contribution in [3.8, 4) is 0 Å². The Kier molecular flexibility index (Phi) is 16.8. The number of aliphatic hydroxyl groups is 1. The van der Waals surface area contributed by atoms with E-state index in [9.17, 15) is 9.59 Å². The first-order chi connectivity index (χ1) is 12.6. The maximum absolute atomic E-state index is 11.6. The fraction of sp³-hybridized carbons (Fsp3) is 0.500. The molecular weight excluding hydrogens is 352 g/mol. The zero-order valence-corrected chi connectivity index (χ0v) is 16.5. The van der Waals surface area contributed by atoms with Crippen molar-refractivity contribution >= 4 is 23.7 Å². The predicted octanol–water partition coefficient (Wildman–Crippen LogP) is 3.95. The average Bonchev–Trinajstić information content (AvgIpc) is 2.64. The second kappa shape index (κ2) is 18.0. The van der Waals surface area contributed by atoms with Gasteiger partial charge in [0.05, 0.1) is 6.61 Å². The van der Waals surface area contributed by atoms with Crippen molar-refractivity contribution in [2.75, 3.05) is 19.5 Å². The van der Waals surface area contributed by atoms with Crippen molar-refractivity contribution in [3.05, 3.63) is 47.9 Å². The first kappa shape index (κ1) is 24.2. The van der Waals surface area contributed by atoms with Crippen LogP contribution < -0.4 is 0 Å². The fourth-order valence-electron chi connectivity index (χ4n) is 1.85. The maximum atomic E-state index is 11.6. The SMILES string of the molecule is C/C=C/CCCCC/C=C/C=C\C(=O)OCC(CO)OC(=O)/C=C/SC. The Labute approximate surface area is 160 Å². The number of thioether (sulfide) groups is 1. The summed E-state index contributed by atoms with van der Waals surface area (Å²) in [7, 11) is 0. The molecule has 26 heavy (non-hydrogen) atoms. The first-order valence-electron chi connectivity index (χ1n) is 8.76. The van der Waals surface area contributed by atoms with Gasteiger partial charge in [-0.25, -0.2) is 9.59 Å². The van der Waals surface area contributed by atoms with Gasteiger partial charge >= 0.3 is 11.9 Å². The highest BCUT2D eigenvalue weighted by Crippen LogP contribution is 2.04. The number of allylic oxidation sites excluding steroid dienone is 5. The van der Waals surface area contributed by atoms with Gasteiger partial charge in [0.2, 0.25) is 0 Å². The van der Waals surface area contributed by atoms with Gasteiger partial charge < -0.3 is 14.6 Å². The normalized spacial score (nSPS) is 13.2. The molecule has 0 rings (SSSR count). The predicted molar refractivity (Wildman–Crippen MR) is 107 cm³/mol. The Morgan fingerprint density at radius 3 is 2.42 bits per heavy atom. The van der Waals surface area contributed by atoms with E-state index in [1.807, 2.05) is 19.1 Å². The largest absolute Gasteiger partial charge is 0.458 e. The average molecular weight is 383 g/mol. The van der Waals surface area contributed by atoms with Crippen molar-refractivity contribution < 1.29 is 24.2 Å². The van der Waals surface area contributed by atoms with Crippen LogP contribution in [0.1, 0.15) is 39.0 Å². The van der Waals surface area contributed by atoms with Gasteiger partial charge in [0.15, 0.2) is 6.10 Å². The lowest BCUT2D eigenvalue weighted by molar-refractivity contribution is -0.154. The number of aliphatic hydroxyl groups excluding tert-OH is 1. The standard InChI is InChI=1S/C20H30O5S/c1-3-4-5-6-7-8-9-10-11-12-13-19(22)24-17-18(16-21)25-20(23)14-15-26-2/h3-4,10-15,18,21H,5-9,16-17H2,1-2H3/b4-3+,11-10+,13-12-,15-14+. The smallest absolute Gasteiger partial charge is 0.331 e. The van der Waals surface area contributed by atoms with Gasteiger partial charge in [-0.2, -0.15) is 0 Å². The van der Waals surface area contributed by atoms with Crippen LogP contribution in [0.4, 0.5) is 0 Å². The molecule has 1 unspecified atom stereocenters. The molecule has 0 amide bonds. The molecule has 146 valence electrons. The van der Waals surface area contributed by atoms with E-state index < -0.39 is 24.6 Å². The molecule has 0 aliphatic carbocycles. The van der Waals surface area contributed by atoms with Crippen molar-refractivity contribution in [1.82, 2.24) is 0 Å². The molecule has 0 fully saturated rings. The van der Waals surface area contributed by atoms with Crippen LogP contribution in [-0.2, 0) is 19.1 Å². The third-order valence-corrected chi connectivity index (χ3v) is 3.60. The Morgan fingerprint density at radius 2 is 1.77 bits per heavy atom. The Morgan fingerprint density at radius 1 is 1.04 bits per heavy atom. The molecule has 0 heterocycles. The van der Waals surface area contributed by atoms with Gasteiger partial charge in [-0.15, -0.1) is 11.8 Å². The van der Waals surface area contributed by atoms with Crippen LogP contribution in [0.15, 0.2) is 47.9 Å². The van der Waals surface area contributed by atoms with E-state index >= 15 is 0 Å². The molecule has 0 aromatic rings. The molecule has 0 aromatic carbocycles. The number of rotatable bonds is 14. The molecule has 0 aliphatic rings. The lowest BCUT2D eigenvalue weighted by Crippen LogP contribution is -2.27. The van der Waals surface area contributed by atoms with E-state index in [-0.39, 0.29) is 6.61 Å². The summed E-state index contributed by atoms with van der Waals surface area (Å²) in [5, 5.41) is 10.7. The van der Waals surface area contributed by atoms with E-state index in [0.29, 0.717) is 0 Å². The van der Waals surface area contributed by atoms with Crippen molar-refractivity contribution in [3.63, 3.8) is 0 Å². The highest BCUT2D eigenvalue weighted by Gasteiger charge is 2.13. The fourth-order valence-corrected chi connectivity index (χ4v) is 2.10. The highest BCUT2D eigenvalue weighted by molar-refractivity contribution is 8.01. The van der Waals surface area contributed by atoms with Crippen LogP contribution in [0.3, 0.4) is 0 Å². The molecule has 5 nitrogen and oxygen atoms in total. The summed E-state index contributed by atoms with van der Waals surface area (Å²) < 4.78 is 9.90. The third-order valence-electron chi connectivity index (χ3n) is 3.19. The topological polar surface area (TPSA) is 72.8 Å². The number of unbranched alkanes of at least 4 members (excludes halogenated alkanes) is 4. The summed E-state index contributed by atoms with van der Waals surface area (Å²) in [4.78, 5) is 23.0. The molecule has 0 bridgehead atoms. The third kappa shape index (κ3) is 15.7. The Bertz CT molecular complexity index is 494. The summed E-state index contributed by atoms with van der Waals surface area (Å²) in [5.41, 5.74) is 0. The molecule has 0 aromatic heterocycles. The molecule has 0 radical (unpaired) electrons. The van der Waals surface area contributed by atoms with Crippen molar-refractivity contribution in [2.45, 2.75) is 45.1 Å². The molecule has 0 aliphatic heterocycles. The van der Waals surface area contributed by atoms with Crippen molar-refractivity contribution in [1.29, 1.82) is 0 Å². The molecule has 6 heteroatoms. The Balaban J connectivity index is 3.90. The summed E-state index contributed by atoms with van der Waals surface area (Å²) in [5.74, 6) is -1.13. The van der Waals surface area contributed by atoms with Gasteiger partial charge in [0.1, 0.15) is 6.61 Å². The van der Waals surface area contributed by atoms with E-state index in [2.05, 4.69) is 12.2 Å². The highest BCUT2D eigenvalue weighted by atomic mass is 32.2. The second-order valence-corrected chi connectivity index (χ2v) is 6.15. The monoisotopic (exact) mass is 382 g/mol. The summed E-state index contributed by atoms with van der Waals surface area (Å²) >= 11 is 1.36. The van der Waals surface area contributed by atoms with E-state index in [0.717, 1.165) is 19.3 Å². The van der Waals surface area contributed by atoms with Crippen LogP contribution in [0, 0.1) is 0 Å². The van der Waals surface area contributed by atoms with Crippen LogP contribution >= 0.6 is 11.8 Å². The molecule has 0 saturated carbocycles. The summed E-state index contributed by atoms with van der Waals surface area (Å²) in [6, 6.07) is 0. The number of carbonyl (C=O) groups excluding carboxylic acids is 2. The zero-order chi connectivity index (χ0) is 19.5. The zero-order valence-electron chi connectivity index (χ0n) is 15.6. The summed E-state index contributed by atoms with van der Waals surface area (Å²) in [6.45, 7) is 1.43. The Hall–Kier alpha value is -1.79. The van der Waals surface area contributed by atoms with E-state index in [1.54, 1.807) is 17.7 Å². The van der Waals surface area contributed by atoms with Crippen LogP contribution in [0.25, 0.3) is 0 Å². The first-order valence-corrected chi connectivity index (χ1v) is 10.0. The number of ether oxygens (including phenoxy) is 2. The van der Waals surface area contributed by atoms with E-state index in [4.69, 9.17) is 14.6 Å². The summed E-state index contributed by atoms with van der Waals surface area (Å²) in [6.07, 6.45) is 18.8. The van der Waals surface area contributed by atoms with Gasteiger partial charge in [0.25, 0.3) is 0 Å². The molecule has 1 N–H and O–H groups in total. The quantitative estimate of drug-likeness (QED) is 0.161. The molecule has 0 spiro atoms. The lowest BCUT2D eigenvalue weighted by atomic mass is 10.1. The lowest BCUT2D eigenvalue weighted by Gasteiger charge is -2.13. The van der Waals surface area contributed by atoms with Gasteiger partial charge in [-0.05, 0) is 44.3 Å². The second-order valence-electron chi connectivity index (χ2n) is 5.40. The molecule has 0 saturated heterocycles. The number of hydrogen-bond acceptors (Lipinski definition) is 6. The molecule has 1 atom stereocenters. The van der Waals surface area contributed by atoms with Crippen molar-refractivity contribution in [2.24, 2.45) is 0 Å². The number of hydrogen-bond donors (Lipinski definition) is 1. The van der Waals surface area contributed by atoms with Crippen LogP contribution in [-0.4, -0.2) is 42.6 Å².